The number of hydrogen-bond acceptors (Lipinski definition) is 1. The van der Waals surface area contributed by atoms with Crippen LogP contribution in [0.25, 0.3) is 0 Å². The maximum Gasteiger partial charge on any atom is 0.330 e. The third-order valence-corrected chi connectivity index (χ3v) is 2.87. The van der Waals surface area contributed by atoms with Gasteiger partial charge in [0, 0.05) is 5.57 Å². The maximum atomic E-state index is 9.60. The molecule has 0 amide bonds. The van der Waals surface area contributed by atoms with E-state index in [1.54, 1.807) is 0 Å². The van der Waals surface area contributed by atoms with Gasteiger partial charge in [-0.05, 0) is 6.92 Å². The molecule has 1 N–H and O–H groups in total. The smallest absolute Gasteiger partial charge is 0.330 e. The van der Waals surface area contributed by atoms with Crippen LogP contribution < -0.4 is 0 Å². The molecule has 0 atom stereocenters. The lowest BCUT2D eigenvalue weighted by Crippen LogP contribution is -1.92. The van der Waals surface area contributed by atoms with Gasteiger partial charge in [-0.3, -0.25) is 0 Å². The van der Waals surface area contributed by atoms with Crippen molar-refractivity contribution in [1.29, 1.82) is 0 Å². The summed E-state index contributed by atoms with van der Waals surface area (Å²) in [7, 11) is 0. The third-order valence-electron chi connectivity index (χ3n) is 2.87. The van der Waals surface area contributed by atoms with Gasteiger partial charge in [0.1, 0.15) is 0 Å². The summed E-state index contributed by atoms with van der Waals surface area (Å²) in [6.07, 6.45) is 15.0. The lowest BCUT2D eigenvalue weighted by Gasteiger charge is -2.05. The monoisotopic (exact) mass is 226 g/mol. The number of rotatable bonds is 1. The van der Waals surface area contributed by atoms with Crippen molar-refractivity contribution in [3.05, 3.63) is 12.2 Å². The van der Waals surface area contributed by atoms with Crippen LogP contribution in [-0.2, 0) is 4.79 Å². The minimum Gasteiger partial charge on any atom is -0.478 e. The van der Waals surface area contributed by atoms with Crippen molar-refractivity contribution in [2.24, 2.45) is 0 Å². The van der Waals surface area contributed by atoms with E-state index in [1.807, 2.05) is 0 Å². The van der Waals surface area contributed by atoms with Gasteiger partial charge in [0.2, 0.25) is 0 Å². The normalized spacial score (nSPS) is 17.8. The number of carboxylic acid groups (broad SMARTS) is 1. The molecule has 1 saturated carbocycles. The Morgan fingerprint density at radius 3 is 1.00 bits per heavy atom. The number of hydrogen-bond donors (Lipinski definition) is 1. The van der Waals surface area contributed by atoms with Crippen LogP contribution >= 0.6 is 0 Å². The van der Waals surface area contributed by atoms with Crippen LogP contribution in [0.4, 0.5) is 0 Å². The van der Waals surface area contributed by atoms with E-state index in [1.165, 1.54) is 71.1 Å². The van der Waals surface area contributed by atoms with Gasteiger partial charge in [-0.1, -0.05) is 70.8 Å². The fourth-order valence-corrected chi connectivity index (χ4v) is 1.77. The van der Waals surface area contributed by atoms with Crippen molar-refractivity contribution in [3.63, 3.8) is 0 Å². The average Bonchev–Trinajstić information content (AvgIpc) is 2.27. The quantitative estimate of drug-likeness (QED) is 0.666. The minimum atomic E-state index is -0.935. The lowest BCUT2D eigenvalue weighted by molar-refractivity contribution is -0.132. The number of carbonyl (C=O) groups is 1. The third kappa shape index (κ3) is 11.3. The molecule has 0 unspecified atom stereocenters. The summed E-state index contributed by atoms with van der Waals surface area (Å²) in [4.78, 5) is 9.60. The van der Waals surface area contributed by atoms with E-state index < -0.39 is 5.97 Å². The molecule has 1 aliphatic rings. The summed E-state index contributed by atoms with van der Waals surface area (Å²) in [5, 5.41) is 7.89. The highest BCUT2D eigenvalue weighted by Gasteiger charge is 1.95. The Bertz CT molecular complexity index is 152. The standard InChI is InChI=1S/C10H20.C4H6O2/c1-2-4-6-8-10-9-7-5-3-1;1-3(2)4(5)6/h1-10H2;1H2,2H3,(H,5,6). The summed E-state index contributed by atoms with van der Waals surface area (Å²) < 4.78 is 0. The van der Waals surface area contributed by atoms with Crippen LogP contribution in [-0.4, -0.2) is 11.1 Å². The summed E-state index contributed by atoms with van der Waals surface area (Å²) in [6, 6.07) is 0. The first-order chi connectivity index (χ1) is 7.64. The maximum absolute atomic E-state index is 9.60. The summed E-state index contributed by atoms with van der Waals surface area (Å²) in [5.41, 5.74) is 0.176. The molecule has 1 rings (SSSR count). The predicted octanol–water partition coefficient (Wildman–Crippen LogP) is 4.55. The molecular weight excluding hydrogens is 200 g/mol. The van der Waals surface area contributed by atoms with Crippen molar-refractivity contribution < 1.29 is 9.90 Å². The van der Waals surface area contributed by atoms with Gasteiger partial charge in [-0.2, -0.15) is 0 Å². The predicted molar refractivity (Wildman–Crippen MR) is 68.6 cm³/mol. The van der Waals surface area contributed by atoms with Gasteiger partial charge in [-0.15, -0.1) is 0 Å². The zero-order chi connectivity index (χ0) is 12.2. The molecule has 1 fully saturated rings. The second-order valence-corrected chi connectivity index (χ2v) is 4.62. The Morgan fingerprint density at radius 2 is 0.938 bits per heavy atom. The van der Waals surface area contributed by atoms with Crippen molar-refractivity contribution in [1.82, 2.24) is 0 Å². The molecule has 0 saturated heterocycles. The van der Waals surface area contributed by atoms with Gasteiger partial charge in [0.15, 0.2) is 0 Å². The Balaban J connectivity index is 0.000000325. The van der Waals surface area contributed by atoms with E-state index in [0.29, 0.717) is 0 Å². The first-order valence-corrected chi connectivity index (χ1v) is 6.53. The Labute approximate surface area is 99.7 Å². The molecule has 2 nitrogen and oxygen atoms in total. The highest BCUT2D eigenvalue weighted by molar-refractivity contribution is 5.84. The Kier molecular flexibility index (Phi) is 10.2. The second kappa shape index (κ2) is 10.7. The van der Waals surface area contributed by atoms with Crippen molar-refractivity contribution in [2.45, 2.75) is 71.1 Å². The molecule has 0 spiro atoms. The fraction of sp³-hybridized carbons (Fsp3) is 0.786. The van der Waals surface area contributed by atoms with Crippen LogP contribution in [0.15, 0.2) is 12.2 Å². The lowest BCUT2D eigenvalue weighted by atomic mass is 10.0. The fourth-order valence-electron chi connectivity index (χ4n) is 1.77. The zero-order valence-electron chi connectivity index (χ0n) is 10.6. The first kappa shape index (κ1) is 15.2. The molecule has 0 aromatic rings. The van der Waals surface area contributed by atoms with Gasteiger partial charge >= 0.3 is 5.97 Å². The van der Waals surface area contributed by atoms with E-state index in [-0.39, 0.29) is 5.57 Å². The van der Waals surface area contributed by atoms with Crippen LogP contribution in [0.1, 0.15) is 71.1 Å². The van der Waals surface area contributed by atoms with Gasteiger partial charge < -0.3 is 5.11 Å². The molecule has 0 aromatic heterocycles. The molecule has 94 valence electrons. The molecule has 0 aromatic carbocycles. The summed E-state index contributed by atoms with van der Waals surface area (Å²) in [5.74, 6) is -0.935. The van der Waals surface area contributed by atoms with E-state index in [0.717, 1.165) is 0 Å². The van der Waals surface area contributed by atoms with E-state index in [4.69, 9.17) is 5.11 Å². The van der Waals surface area contributed by atoms with Crippen LogP contribution in [0, 0.1) is 0 Å². The van der Waals surface area contributed by atoms with E-state index >= 15 is 0 Å². The second-order valence-electron chi connectivity index (χ2n) is 4.62. The number of carboxylic acids is 1. The molecule has 0 heterocycles. The minimum absolute atomic E-state index is 0.176. The van der Waals surface area contributed by atoms with Crippen molar-refractivity contribution >= 4 is 5.97 Å². The molecule has 0 radical (unpaired) electrons. The first-order valence-electron chi connectivity index (χ1n) is 6.53. The van der Waals surface area contributed by atoms with Crippen LogP contribution in [0.5, 0.6) is 0 Å². The highest BCUT2D eigenvalue weighted by atomic mass is 16.4. The highest BCUT2D eigenvalue weighted by Crippen LogP contribution is 2.15. The molecule has 0 bridgehead atoms. The summed E-state index contributed by atoms with van der Waals surface area (Å²) >= 11 is 0. The van der Waals surface area contributed by atoms with Crippen LogP contribution in [0.2, 0.25) is 0 Å². The average molecular weight is 226 g/mol. The van der Waals surface area contributed by atoms with E-state index in [9.17, 15) is 4.79 Å². The Morgan fingerprint density at radius 1 is 0.812 bits per heavy atom. The molecule has 0 aliphatic heterocycles. The van der Waals surface area contributed by atoms with Crippen LogP contribution in [0.3, 0.4) is 0 Å². The van der Waals surface area contributed by atoms with Crippen molar-refractivity contribution in [3.8, 4) is 0 Å². The van der Waals surface area contributed by atoms with Gasteiger partial charge in [0.25, 0.3) is 0 Å². The molecule has 16 heavy (non-hydrogen) atoms. The molecular formula is C14H26O2. The Hall–Kier alpha value is -0.790. The SMILES string of the molecule is C1CCCCCCCCC1.C=C(C)C(=O)O. The topological polar surface area (TPSA) is 37.3 Å². The number of aliphatic carboxylic acids is 1. The van der Waals surface area contributed by atoms with Crippen molar-refractivity contribution in [2.75, 3.05) is 0 Å². The van der Waals surface area contributed by atoms with Gasteiger partial charge in [-0.25, -0.2) is 4.79 Å². The zero-order valence-corrected chi connectivity index (χ0v) is 10.6. The molecule has 1 aliphatic carbocycles. The van der Waals surface area contributed by atoms with E-state index in [2.05, 4.69) is 6.58 Å². The van der Waals surface area contributed by atoms with Gasteiger partial charge in [0.05, 0.1) is 0 Å². The summed E-state index contributed by atoms with van der Waals surface area (Å²) in [6.45, 7) is 4.60. The molecule has 2 heteroatoms. The largest absolute Gasteiger partial charge is 0.478 e.